The first-order chi connectivity index (χ1) is 8.99. The van der Waals surface area contributed by atoms with E-state index < -0.39 is 0 Å². The van der Waals surface area contributed by atoms with Crippen LogP contribution in [0, 0.1) is 11.8 Å². The highest BCUT2D eigenvalue weighted by atomic mass is 35.5. The van der Waals surface area contributed by atoms with E-state index in [1.807, 2.05) is 13.1 Å². The van der Waals surface area contributed by atoms with Gasteiger partial charge in [-0.25, -0.2) is 0 Å². The maximum absolute atomic E-state index is 12.4. The zero-order valence-corrected chi connectivity index (χ0v) is 12.3. The summed E-state index contributed by atoms with van der Waals surface area (Å²) < 4.78 is 0. The number of anilines is 1. The predicted molar refractivity (Wildman–Crippen MR) is 78.8 cm³/mol. The van der Waals surface area contributed by atoms with E-state index in [0.29, 0.717) is 23.2 Å². The topological polar surface area (TPSA) is 46.3 Å². The molecule has 4 heteroatoms. The second-order valence-electron chi connectivity index (χ2n) is 5.56. The normalized spacial score (nSPS) is 22.5. The molecule has 1 aliphatic rings. The molecule has 2 rings (SSSR count). The molecule has 0 aromatic heterocycles. The Kier molecular flexibility index (Phi) is 4.35. The monoisotopic (exact) mass is 280 g/mol. The number of nitrogens with zero attached hydrogens (tertiary/aromatic N) is 1. The number of nitrogens with two attached hydrogens (primary N) is 1. The van der Waals surface area contributed by atoms with Crippen LogP contribution < -0.4 is 5.73 Å². The lowest BCUT2D eigenvalue weighted by atomic mass is 9.96. The Labute approximate surface area is 119 Å². The third-order valence-electron chi connectivity index (χ3n) is 4.03. The number of hydrogen-bond acceptors (Lipinski definition) is 2. The van der Waals surface area contributed by atoms with Gasteiger partial charge in [0.1, 0.15) is 0 Å². The minimum Gasteiger partial charge on any atom is -0.399 e. The van der Waals surface area contributed by atoms with Crippen molar-refractivity contribution in [3.63, 3.8) is 0 Å². The molecular formula is C15H21ClN2O. The number of amides is 1. The average Bonchev–Trinajstić information content (AvgIpc) is 2.79. The highest BCUT2D eigenvalue weighted by Crippen LogP contribution is 2.33. The van der Waals surface area contributed by atoms with Crippen LogP contribution in [0.15, 0.2) is 18.2 Å². The molecule has 0 spiro atoms. The zero-order valence-electron chi connectivity index (χ0n) is 11.5. The van der Waals surface area contributed by atoms with Crippen molar-refractivity contribution in [3.8, 4) is 0 Å². The first kappa shape index (κ1) is 14.2. The van der Waals surface area contributed by atoms with Crippen LogP contribution in [0.4, 0.5) is 5.69 Å². The van der Waals surface area contributed by atoms with Crippen LogP contribution in [0.2, 0.25) is 5.02 Å². The summed E-state index contributed by atoms with van der Waals surface area (Å²) in [4.78, 5) is 14.2. The summed E-state index contributed by atoms with van der Waals surface area (Å²) in [6, 6.07) is 5.39. The van der Waals surface area contributed by atoms with E-state index in [2.05, 4.69) is 6.92 Å². The van der Waals surface area contributed by atoms with Crippen molar-refractivity contribution >= 4 is 23.2 Å². The Balaban J connectivity index is 2.06. The summed E-state index contributed by atoms with van der Waals surface area (Å²) in [6.07, 6.45) is 3.32. The SMILES string of the molecule is CC1CCCC1C(=O)N(C)Cc1cc(N)ccc1Cl. The van der Waals surface area contributed by atoms with Gasteiger partial charge in [-0.15, -0.1) is 0 Å². The van der Waals surface area contributed by atoms with Gasteiger partial charge in [0, 0.05) is 30.2 Å². The molecule has 1 saturated carbocycles. The van der Waals surface area contributed by atoms with Crippen molar-refractivity contribution in [1.82, 2.24) is 4.90 Å². The lowest BCUT2D eigenvalue weighted by Gasteiger charge is -2.24. The molecule has 1 aromatic rings. The van der Waals surface area contributed by atoms with Crippen LogP contribution in [-0.4, -0.2) is 17.9 Å². The summed E-state index contributed by atoms with van der Waals surface area (Å²) in [5, 5.41) is 0.660. The van der Waals surface area contributed by atoms with Gasteiger partial charge in [-0.2, -0.15) is 0 Å². The fraction of sp³-hybridized carbons (Fsp3) is 0.533. The van der Waals surface area contributed by atoms with Gasteiger partial charge in [-0.1, -0.05) is 24.9 Å². The van der Waals surface area contributed by atoms with Gasteiger partial charge >= 0.3 is 0 Å². The lowest BCUT2D eigenvalue weighted by molar-refractivity contribution is -0.135. The second kappa shape index (κ2) is 5.83. The summed E-state index contributed by atoms with van der Waals surface area (Å²) in [5.41, 5.74) is 7.34. The molecule has 2 unspecified atom stereocenters. The molecule has 0 aliphatic heterocycles. The third kappa shape index (κ3) is 3.21. The molecule has 0 heterocycles. The Bertz CT molecular complexity index is 475. The minimum absolute atomic E-state index is 0.171. The van der Waals surface area contributed by atoms with Gasteiger partial charge in [0.05, 0.1) is 0 Å². The van der Waals surface area contributed by atoms with E-state index in [-0.39, 0.29) is 11.8 Å². The van der Waals surface area contributed by atoms with E-state index >= 15 is 0 Å². The van der Waals surface area contributed by atoms with E-state index in [4.69, 9.17) is 17.3 Å². The number of halogens is 1. The molecule has 0 radical (unpaired) electrons. The van der Waals surface area contributed by atoms with E-state index in [1.54, 1.807) is 17.0 Å². The van der Waals surface area contributed by atoms with Gasteiger partial charge < -0.3 is 10.6 Å². The van der Waals surface area contributed by atoms with Crippen LogP contribution in [0.3, 0.4) is 0 Å². The predicted octanol–water partition coefficient (Wildman–Crippen LogP) is 3.32. The number of hydrogen-bond donors (Lipinski definition) is 1. The fourth-order valence-electron chi connectivity index (χ4n) is 2.84. The zero-order chi connectivity index (χ0) is 14.0. The van der Waals surface area contributed by atoms with Crippen molar-refractivity contribution in [2.75, 3.05) is 12.8 Å². The van der Waals surface area contributed by atoms with Crippen LogP contribution in [-0.2, 0) is 11.3 Å². The summed E-state index contributed by atoms with van der Waals surface area (Å²) >= 11 is 6.14. The summed E-state index contributed by atoms with van der Waals surface area (Å²) in [7, 11) is 1.84. The van der Waals surface area contributed by atoms with Crippen molar-refractivity contribution < 1.29 is 4.79 Å². The molecule has 1 fully saturated rings. The molecule has 0 bridgehead atoms. The van der Waals surface area contributed by atoms with Crippen LogP contribution in [0.1, 0.15) is 31.7 Å². The van der Waals surface area contributed by atoms with Crippen molar-refractivity contribution in [2.24, 2.45) is 11.8 Å². The van der Waals surface area contributed by atoms with Crippen molar-refractivity contribution in [3.05, 3.63) is 28.8 Å². The number of carbonyl (C=O) groups excluding carboxylic acids is 1. The first-order valence-corrected chi connectivity index (χ1v) is 7.15. The van der Waals surface area contributed by atoms with Gasteiger partial charge in [0.25, 0.3) is 0 Å². The number of carbonyl (C=O) groups is 1. The molecule has 1 amide bonds. The Morgan fingerprint density at radius 3 is 2.84 bits per heavy atom. The Morgan fingerprint density at radius 2 is 2.21 bits per heavy atom. The smallest absolute Gasteiger partial charge is 0.225 e. The molecule has 104 valence electrons. The number of rotatable bonds is 3. The average molecular weight is 281 g/mol. The first-order valence-electron chi connectivity index (χ1n) is 6.78. The molecule has 3 nitrogen and oxygen atoms in total. The van der Waals surface area contributed by atoms with Gasteiger partial charge in [0.2, 0.25) is 5.91 Å². The summed E-state index contributed by atoms with van der Waals surface area (Å²) in [6.45, 7) is 2.68. The van der Waals surface area contributed by atoms with Gasteiger partial charge in [-0.05, 0) is 42.5 Å². The van der Waals surface area contributed by atoms with Crippen LogP contribution in [0.25, 0.3) is 0 Å². The fourth-order valence-corrected chi connectivity index (χ4v) is 3.02. The van der Waals surface area contributed by atoms with Crippen LogP contribution in [0.5, 0.6) is 0 Å². The maximum atomic E-state index is 12.4. The highest BCUT2D eigenvalue weighted by molar-refractivity contribution is 6.31. The highest BCUT2D eigenvalue weighted by Gasteiger charge is 2.31. The molecule has 2 N–H and O–H groups in total. The molecule has 1 aromatic carbocycles. The van der Waals surface area contributed by atoms with E-state index in [9.17, 15) is 4.79 Å². The van der Waals surface area contributed by atoms with Crippen molar-refractivity contribution in [1.29, 1.82) is 0 Å². The van der Waals surface area contributed by atoms with E-state index in [0.717, 1.165) is 24.8 Å². The maximum Gasteiger partial charge on any atom is 0.225 e. The molecule has 2 atom stereocenters. The third-order valence-corrected chi connectivity index (χ3v) is 4.40. The Hall–Kier alpha value is -1.22. The van der Waals surface area contributed by atoms with Crippen LogP contribution >= 0.6 is 11.6 Å². The Morgan fingerprint density at radius 1 is 1.47 bits per heavy atom. The number of nitrogen functional groups attached to an aromatic ring is 1. The van der Waals surface area contributed by atoms with E-state index in [1.165, 1.54) is 0 Å². The largest absolute Gasteiger partial charge is 0.399 e. The minimum atomic E-state index is 0.171. The van der Waals surface area contributed by atoms with Crippen molar-refractivity contribution in [2.45, 2.75) is 32.7 Å². The van der Waals surface area contributed by atoms with Gasteiger partial charge in [-0.3, -0.25) is 4.79 Å². The number of benzene rings is 1. The molecule has 0 saturated heterocycles. The lowest BCUT2D eigenvalue weighted by Crippen LogP contribution is -2.33. The standard InChI is InChI=1S/C15H21ClN2O/c1-10-4-3-5-13(10)15(19)18(2)9-11-8-12(17)6-7-14(11)16/h6-8,10,13H,3-5,9,17H2,1-2H3. The summed E-state index contributed by atoms with van der Waals surface area (Å²) in [5.74, 6) is 0.889. The quantitative estimate of drug-likeness (QED) is 0.864. The molecule has 1 aliphatic carbocycles. The molecule has 19 heavy (non-hydrogen) atoms. The molecular weight excluding hydrogens is 260 g/mol. The van der Waals surface area contributed by atoms with Gasteiger partial charge in [0.15, 0.2) is 0 Å². The second-order valence-corrected chi connectivity index (χ2v) is 5.97.